The van der Waals surface area contributed by atoms with Gasteiger partial charge in [-0.15, -0.1) is 0 Å². The Labute approximate surface area is 108 Å². The Morgan fingerprint density at radius 1 is 1.39 bits per heavy atom. The zero-order chi connectivity index (χ0) is 13.1. The van der Waals surface area contributed by atoms with Crippen molar-refractivity contribution in [1.82, 2.24) is 15.3 Å². The molecule has 5 heteroatoms. The number of hydrogen-bond donors (Lipinski definition) is 1. The first-order valence-corrected chi connectivity index (χ1v) is 6.55. The fraction of sp³-hybridized carbons (Fsp3) is 0.615. The number of nitrogens with one attached hydrogen (secondary N) is 1. The smallest absolute Gasteiger partial charge is 0.270 e. The van der Waals surface area contributed by atoms with E-state index >= 15 is 0 Å². The Morgan fingerprint density at radius 3 is 2.61 bits per heavy atom. The van der Waals surface area contributed by atoms with Crippen molar-refractivity contribution in [3.05, 3.63) is 17.5 Å². The van der Waals surface area contributed by atoms with Crippen molar-refractivity contribution >= 4 is 11.9 Å². The van der Waals surface area contributed by atoms with E-state index in [1.165, 1.54) is 0 Å². The molecule has 1 heterocycles. The number of aromatic nitrogens is 2. The molecule has 0 atom stereocenters. The third-order valence-electron chi connectivity index (χ3n) is 3.03. The van der Waals surface area contributed by atoms with Gasteiger partial charge in [-0.3, -0.25) is 4.79 Å². The second-order valence-corrected chi connectivity index (χ2v) is 4.61. The van der Waals surface area contributed by atoms with Gasteiger partial charge in [0.05, 0.1) is 0 Å². The molecule has 1 aliphatic carbocycles. The number of hydrogen-bond acceptors (Lipinski definition) is 4. The molecule has 1 fully saturated rings. The van der Waals surface area contributed by atoms with Gasteiger partial charge in [-0.2, -0.15) is 0 Å². The van der Waals surface area contributed by atoms with Crippen LogP contribution in [-0.2, 0) is 0 Å². The maximum atomic E-state index is 12.0. The third kappa shape index (κ3) is 2.97. The van der Waals surface area contributed by atoms with Crippen molar-refractivity contribution in [2.75, 3.05) is 18.0 Å². The maximum absolute atomic E-state index is 12.0. The van der Waals surface area contributed by atoms with E-state index in [9.17, 15) is 4.79 Å². The first-order valence-electron chi connectivity index (χ1n) is 6.55. The quantitative estimate of drug-likeness (QED) is 0.858. The van der Waals surface area contributed by atoms with Crippen molar-refractivity contribution in [1.29, 1.82) is 0 Å². The average Bonchev–Trinajstić information content (AvgIpc) is 3.14. The Bertz CT molecular complexity index is 439. The molecular formula is C13H20N4O. The molecule has 1 N–H and O–H groups in total. The Kier molecular flexibility index (Phi) is 3.79. The van der Waals surface area contributed by atoms with E-state index in [0.717, 1.165) is 31.6 Å². The lowest BCUT2D eigenvalue weighted by Gasteiger charge is -2.19. The third-order valence-corrected chi connectivity index (χ3v) is 3.03. The maximum Gasteiger partial charge on any atom is 0.270 e. The fourth-order valence-electron chi connectivity index (χ4n) is 1.80. The summed E-state index contributed by atoms with van der Waals surface area (Å²) in [5.41, 5.74) is 1.30. The Hall–Kier alpha value is -1.65. The summed E-state index contributed by atoms with van der Waals surface area (Å²) in [5, 5.41) is 2.95. The van der Waals surface area contributed by atoms with Crippen molar-refractivity contribution in [2.45, 2.75) is 39.7 Å². The van der Waals surface area contributed by atoms with Gasteiger partial charge < -0.3 is 10.2 Å². The Balaban J connectivity index is 2.21. The highest BCUT2D eigenvalue weighted by molar-refractivity contribution is 5.93. The molecule has 0 unspecified atom stereocenters. The molecule has 1 aromatic heterocycles. The Morgan fingerprint density at radius 2 is 2.06 bits per heavy atom. The van der Waals surface area contributed by atoms with Gasteiger partial charge in [0.2, 0.25) is 5.95 Å². The van der Waals surface area contributed by atoms with Crippen LogP contribution in [0, 0.1) is 6.92 Å². The van der Waals surface area contributed by atoms with E-state index in [2.05, 4.69) is 29.1 Å². The number of aryl methyl sites for hydroxylation is 1. The van der Waals surface area contributed by atoms with Gasteiger partial charge in [-0.05, 0) is 39.7 Å². The minimum absolute atomic E-state index is 0.0867. The molecule has 2 rings (SSSR count). The molecule has 1 amide bonds. The molecule has 1 aliphatic rings. The molecule has 5 nitrogen and oxygen atoms in total. The topological polar surface area (TPSA) is 58.1 Å². The van der Waals surface area contributed by atoms with Crippen LogP contribution in [0.3, 0.4) is 0 Å². The summed E-state index contributed by atoms with van der Waals surface area (Å²) in [6, 6.07) is 2.09. The van der Waals surface area contributed by atoms with Gasteiger partial charge in [-0.1, -0.05) is 0 Å². The fourth-order valence-corrected chi connectivity index (χ4v) is 1.80. The van der Waals surface area contributed by atoms with E-state index in [1.54, 1.807) is 6.07 Å². The van der Waals surface area contributed by atoms with Gasteiger partial charge in [0.1, 0.15) is 5.69 Å². The second kappa shape index (κ2) is 5.33. The molecule has 1 aromatic rings. The number of anilines is 1. The van der Waals surface area contributed by atoms with Crippen molar-refractivity contribution < 1.29 is 4.79 Å². The van der Waals surface area contributed by atoms with Crippen LogP contribution in [0.4, 0.5) is 5.95 Å². The molecule has 0 bridgehead atoms. The van der Waals surface area contributed by atoms with Gasteiger partial charge in [-0.25, -0.2) is 9.97 Å². The van der Waals surface area contributed by atoms with Crippen LogP contribution in [0.25, 0.3) is 0 Å². The molecule has 0 radical (unpaired) electrons. The van der Waals surface area contributed by atoms with Crippen LogP contribution in [-0.4, -0.2) is 35.0 Å². The van der Waals surface area contributed by atoms with Crippen molar-refractivity contribution in [3.8, 4) is 0 Å². The van der Waals surface area contributed by atoms with Crippen LogP contribution < -0.4 is 10.2 Å². The number of rotatable bonds is 5. The summed E-state index contributed by atoms with van der Waals surface area (Å²) in [5.74, 6) is 0.553. The monoisotopic (exact) mass is 248 g/mol. The van der Waals surface area contributed by atoms with Gasteiger partial charge in [0.15, 0.2) is 0 Å². The highest BCUT2D eigenvalue weighted by Gasteiger charge is 2.24. The number of amides is 1. The van der Waals surface area contributed by atoms with Crippen LogP contribution in [0.15, 0.2) is 6.07 Å². The molecule has 0 aromatic carbocycles. The molecule has 0 aliphatic heterocycles. The highest BCUT2D eigenvalue weighted by atomic mass is 16.2. The summed E-state index contributed by atoms with van der Waals surface area (Å²) >= 11 is 0. The van der Waals surface area contributed by atoms with E-state index < -0.39 is 0 Å². The van der Waals surface area contributed by atoms with Crippen molar-refractivity contribution in [3.63, 3.8) is 0 Å². The van der Waals surface area contributed by atoms with Crippen LogP contribution in [0.1, 0.15) is 42.9 Å². The van der Waals surface area contributed by atoms with Gasteiger partial charge >= 0.3 is 0 Å². The zero-order valence-electron chi connectivity index (χ0n) is 11.2. The van der Waals surface area contributed by atoms with Crippen LogP contribution in [0.5, 0.6) is 0 Å². The van der Waals surface area contributed by atoms with Crippen LogP contribution >= 0.6 is 0 Å². The normalized spacial score (nSPS) is 14.4. The predicted molar refractivity (Wildman–Crippen MR) is 70.8 cm³/mol. The van der Waals surface area contributed by atoms with E-state index in [4.69, 9.17) is 0 Å². The molecule has 0 spiro atoms. The standard InChI is InChI=1S/C13H20N4O/c1-4-17(5-2)13-14-9(3)8-11(16-13)12(18)15-10-6-7-10/h8,10H,4-7H2,1-3H3,(H,15,18). The lowest BCUT2D eigenvalue weighted by atomic mass is 10.3. The summed E-state index contributed by atoms with van der Waals surface area (Å²) < 4.78 is 0. The summed E-state index contributed by atoms with van der Waals surface area (Å²) in [6.45, 7) is 7.67. The number of carbonyl (C=O) groups is 1. The highest BCUT2D eigenvalue weighted by Crippen LogP contribution is 2.19. The predicted octanol–water partition coefficient (Wildman–Crippen LogP) is 1.52. The van der Waals surface area contributed by atoms with Crippen LogP contribution in [0.2, 0.25) is 0 Å². The lowest BCUT2D eigenvalue weighted by molar-refractivity contribution is 0.0946. The molecule has 0 saturated heterocycles. The lowest BCUT2D eigenvalue weighted by Crippen LogP contribution is -2.29. The van der Waals surface area contributed by atoms with E-state index in [-0.39, 0.29) is 5.91 Å². The first-order chi connectivity index (χ1) is 8.63. The minimum atomic E-state index is -0.0867. The summed E-state index contributed by atoms with van der Waals surface area (Å²) in [7, 11) is 0. The van der Waals surface area contributed by atoms with Gasteiger partial charge in [0.25, 0.3) is 5.91 Å². The molecule has 1 saturated carbocycles. The molecule has 18 heavy (non-hydrogen) atoms. The molecule has 98 valence electrons. The number of nitrogens with zero attached hydrogens (tertiary/aromatic N) is 3. The summed E-state index contributed by atoms with van der Waals surface area (Å²) in [6.07, 6.45) is 2.16. The molecular weight excluding hydrogens is 228 g/mol. The van der Waals surface area contributed by atoms with E-state index in [0.29, 0.717) is 17.7 Å². The van der Waals surface area contributed by atoms with E-state index in [1.807, 2.05) is 11.8 Å². The number of carbonyl (C=O) groups excluding carboxylic acids is 1. The average molecular weight is 248 g/mol. The first kappa shape index (κ1) is 12.8. The van der Waals surface area contributed by atoms with Crippen molar-refractivity contribution in [2.24, 2.45) is 0 Å². The van der Waals surface area contributed by atoms with Gasteiger partial charge in [0, 0.05) is 24.8 Å². The largest absolute Gasteiger partial charge is 0.348 e. The summed E-state index contributed by atoms with van der Waals surface area (Å²) in [4.78, 5) is 22.8. The minimum Gasteiger partial charge on any atom is -0.348 e. The zero-order valence-corrected chi connectivity index (χ0v) is 11.2. The second-order valence-electron chi connectivity index (χ2n) is 4.61. The SMILES string of the molecule is CCN(CC)c1nc(C)cc(C(=O)NC2CC2)n1.